The number of hydrogen-bond acceptors (Lipinski definition) is 14. The molecule has 0 aliphatic carbocycles. The highest BCUT2D eigenvalue weighted by atomic mass is 17.3. The summed E-state index contributed by atoms with van der Waals surface area (Å²) in [6.45, 7) is 9.13. The molecule has 0 bridgehead atoms. The monoisotopic (exact) mass is 580 g/mol. The Labute approximate surface area is 234 Å². The Morgan fingerprint density at radius 1 is 0.550 bits per heavy atom. The van der Waals surface area contributed by atoms with Crippen molar-refractivity contribution in [1.29, 1.82) is 0 Å². The second-order valence-corrected chi connectivity index (χ2v) is 10.7. The predicted octanol–water partition coefficient (Wildman–Crippen LogP) is 2.19. The second kappa shape index (κ2) is 12.7. The summed E-state index contributed by atoms with van der Waals surface area (Å²) in [5, 5.41) is 0. The third-order valence-electron chi connectivity index (χ3n) is 7.81. The number of carbonyl (C=O) groups excluding carboxylic acids is 1. The molecule has 4 aliphatic rings. The standard InChI is InChI=1S/C26H44O14/c1-7-23(28-5)31-12-21(13-32-23)16-35-25(9-3,36-17-21)30-11-20(27)39-40-26(10-4)37-18-22(19-38-26)14-33-24(8-2,29-6)34-15-22/h7-19H2,1-6H3. The van der Waals surface area contributed by atoms with Crippen LogP contribution in [0.25, 0.3) is 0 Å². The van der Waals surface area contributed by atoms with Crippen LogP contribution in [0.2, 0.25) is 0 Å². The molecule has 0 N–H and O–H groups in total. The van der Waals surface area contributed by atoms with Crippen LogP contribution in [0.15, 0.2) is 0 Å². The van der Waals surface area contributed by atoms with Crippen molar-refractivity contribution in [2.45, 2.75) is 77.3 Å². The fourth-order valence-electron chi connectivity index (χ4n) is 4.71. The van der Waals surface area contributed by atoms with Gasteiger partial charge in [0, 0.05) is 39.9 Å². The molecule has 4 rings (SSSR count). The van der Waals surface area contributed by atoms with Gasteiger partial charge in [-0.25, -0.2) is 4.79 Å². The third kappa shape index (κ3) is 6.63. The fraction of sp³-hybridized carbons (Fsp3) is 0.962. The van der Waals surface area contributed by atoms with E-state index in [1.54, 1.807) is 14.0 Å². The highest BCUT2D eigenvalue weighted by molar-refractivity contribution is 5.70. The summed E-state index contributed by atoms with van der Waals surface area (Å²) in [7, 11) is 3.08. The van der Waals surface area contributed by atoms with Gasteiger partial charge in [-0.1, -0.05) is 27.7 Å². The average Bonchev–Trinajstić information content (AvgIpc) is 3.02. The second-order valence-electron chi connectivity index (χ2n) is 10.7. The van der Waals surface area contributed by atoms with E-state index in [-0.39, 0.29) is 32.8 Å². The maximum absolute atomic E-state index is 12.5. The zero-order valence-corrected chi connectivity index (χ0v) is 24.4. The van der Waals surface area contributed by atoms with Crippen LogP contribution in [0.1, 0.15) is 53.4 Å². The van der Waals surface area contributed by atoms with E-state index < -0.39 is 47.3 Å². The minimum absolute atomic E-state index is 0.206. The Morgan fingerprint density at radius 3 is 1.20 bits per heavy atom. The van der Waals surface area contributed by atoms with Crippen molar-refractivity contribution in [2.24, 2.45) is 10.8 Å². The molecule has 0 radical (unpaired) electrons. The quantitative estimate of drug-likeness (QED) is 0.261. The maximum Gasteiger partial charge on any atom is 0.368 e. The largest absolute Gasteiger partial charge is 0.368 e. The van der Waals surface area contributed by atoms with Gasteiger partial charge in [-0.05, 0) is 0 Å². The van der Waals surface area contributed by atoms with E-state index in [4.69, 9.17) is 61.9 Å². The van der Waals surface area contributed by atoms with E-state index >= 15 is 0 Å². The van der Waals surface area contributed by atoms with Gasteiger partial charge in [-0.3, -0.25) is 4.89 Å². The minimum atomic E-state index is -1.56. The molecule has 14 heteroatoms. The summed E-state index contributed by atoms with van der Waals surface area (Å²) in [5.41, 5.74) is -1.05. The lowest BCUT2D eigenvalue weighted by Gasteiger charge is -2.49. The lowest BCUT2D eigenvalue weighted by atomic mass is 9.90. The van der Waals surface area contributed by atoms with Crippen LogP contribution in [0.3, 0.4) is 0 Å². The number of rotatable bonds is 11. The van der Waals surface area contributed by atoms with Crippen molar-refractivity contribution in [3.63, 3.8) is 0 Å². The van der Waals surface area contributed by atoms with Crippen LogP contribution in [-0.2, 0) is 66.7 Å². The lowest BCUT2D eigenvalue weighted by Crippen LogP contribution is -2.60. The van der Waals surface area contributed by atoms with E-state index in [2.05, 4.69) is 0 Å². The Kier molecular flexibility index (Phi) is 10.1. The van der Waals surface area contributed by atoms with Crippen molar-refractivity contribution in [3.05, 3.63) is 0 Å². The van der Waals surface area contributed by atoms with E-state index in [0.29, 0.717) is 45.7 Å². The highest BCUT2D eigenvalue weighted by Crippen LogP contribution is 2.41. The van der Waals surface area contributed by atoms with Crippen LogP contribution < -0.4 is 0 Å². The fourth-order valence-corrected chi connectivity index (χ4v) is 4.71. The number of methoxy groups -OCH3 is 2. The van der Waals surface area contributed by atoms with Crippen molar-refractivity contribution < 1.29 is 66.7 Å². The van der Waals surface area contributed by atoms with Gasteiger partial charge in [-0.15, -0.1) is 4.89 Å². The Hall–Kier alpha value is -1.01. The first kappa shape index (κ1) is 31.9. The molecule has 232 valence electrons. The normalized spacial score (nSPS) is 42.2. The first-order valence-electron chi connectivity index (χ1n) is 13.9. The molecule has 0 aromatic carbocycles. The van der Waals surface area contributed by atoms with Crippen molar-refractivity contribution in [1.82, 2.24) is 0 Å². The van der Waals surface area contributed by atoms with Crippen LogP contribution in [-0.4, -0.2) is 104 Å². The van der Waals surface area contributed by atoms with Gasteiger partial charge in [0.15, 0.2) is 6.61 Å². The summed E-state index contributed by atoms with van der Waals surface area (Å²) in [6, 6.07) is 0. The molecule has 0 aromatic rings. The molecule has 4 heterocycles. The summed E-state index contributed by atoms with van der Waals surface area (Å²) in [6.07, 6.45) is 1.67. The molecular formula is C26H44O14. The Bertz CT molecular complexity index is 735. The maximum atomic E-state index is 12.5. The Balaban J connectivity index is 1.21. The van der Waals surface area contributed by atoms with Crippen LogP contribution >= 0.6 is 0 Å². The van der Waals surface area contributed by atoms with E-state index in [9.17, 15) is 4.79 Å². The van der Waals surface area contributed by atoms with E-state index in [1.807, 2.05) is 20.8 Å². The highest BCUT2D eigenvalue weighted by Gasteiger charge is 2.53. The summed E-state index contributed by atoms with van der Waals surface area (Å²) >= 11 is 0. The van der Waals surface area contributed by atoms with Gasteiger partial charge < -0.3 is 52.1 Å². The van der Waals surface area contributed by atoms with Crippen LogP contribution in [0.4, 0.5) is 0 Å². The summed E-state index contributed by atoms with van der Waals surface area (Å²) in [5.74, 6) is -5.92. The molecule has 4 aliphatic heterocycles. The zero-order valence-electron chi connectivity index (χ0n) is 24.4. The summed E-state index contributed by atoms with van der Waals surface area (Å²) < 4.78 is 63.4. The van der Waals surface area contributed by atoms with Gasteiger partial charge in [0.1, 0.15) is 0 Å². The molecule has 2 spiro atoms. The molecule has 14 nitrogen and oxygen atoms in total. The minimum Gasteiger partial charge on any atom is -0.331 e. The van der Waals surface area contributed by atoms with Gasteiger partial charge in [0.05, 0.1) is 63.7 Å². The van der Waals surface area contributed by atoms with E-state index in [0.717, 1.165) is 0 Å². The average molecular weight is 581 g/mol. The number of hydrogen-bond donors (Lipinski definition) is 0. The smallest absolute Gasteiger partial charge is 0.331 e. The first-order chi connectivity index (χ1) is 19.1. The summed E-state index contributed by atoms with van der Waals surface area (Å²) in [4.78, 5) is 22.8. The first-order valence-corrected chi connectivity index (χ1v) is 13.9. The van der Waals surface area contributed by atoms with E-state index in [1.165, 1.54) is 7.11 Å². The molecule has 40 heavy (non-hydrogen) atoms. The zero-order chi connectivity index (χ0) is 29.0. The molecule has 0 saturated carbocycles. The third-order valence-corrected chi connectivity index (χ3v) is 7.81. The molecule has 0 aromatic heterocycles. The van der Waals surface area contributed by atoms with Crippen LogP contribution in [0, 0.1) is 10.8 Å². The molecule has 0 atom stereocenters. The van der Waals surface area contributed by atoms with Crippen molar-refractivity contribution in [3.8, 4) is 0 Å². The lowest BCUT2D eigenvalue weighted by molar-refractivity contribution is -0.522. The SMILES string of the molecule is CCC1(OC)OCC2(CO1)COC(CC)(OCC(=O)OOC1(CC)OCC3(COC(CC)(OC)OC3)CO1)OC2. The molecule has 0 amide bonds. The molecule has 4 fully saturated rings. The van der Waals surface area contributed by atoms with Gasteiger partial charge in [0.2, 0.25) is 0 Å². The van der Waals surface area contributed by atoms with Crippen LogP contribution in [0.5, 0.6) is 0 Å². The Morgan fingerprint density at radius 2 is 0.875 bits per heavy atom. The molecule has 4 saturated heterocycles. The number of carbonyl (C=O) groups is 1. The topological polar surface area (TPSA) is 137 Å². The molecular weight excluding hydrogens is 536 g/mol. The van der Waals surface area contributed by atoms with Gasteiger partial charge >= 0.3 is 11.9 Å². The predicted molar refractivity (Wildman–Crippen MR) is 132 cm³/mol. The van der Waals surface area contributed by atoms with Crippen molar-refractivity contribution in [2.75, 3.05) is 73.7 Å². The number of ether oxygens (including phenoxy) is 11. The van der Waals surface area contributed by atoms with Crippen molar-refractivity contribution >= 4 is 5.97 Å². The molecule has 0 unspecified atom stereocenters. The van der Waals surface area contributed by atoms with Gasteiger partial charge in [-0.2, -0.15) is 0 Å². The van der Waals surface area contributed by atoms with Gasteiger partial charge in [0.25, 0.3) is 17.9 Å².